The van der Waals surface area contributed by atoms with E-state index in [0.29, 0.717) is 0 Å². The Balaban J connectivity index is 2.43. The molecule has 0 aromatic heterocycles. The topological polar surface area (TPSA) is 38.0 Å². The molecule has 0 radical (unpaired) electrons. The summed E-state index contributed by atoms with van der Waals surface area (Å²) < 4.78 is 1.04. The highest BCUT2D eigenvalue weighted by molar-refractivity contribution is 14.1. The molecule has 0 spiro atoms. The zero-order valence-electron chi connectivity index (χ0n) is 10.9. The second-order valence-electron chi connectivity index (χ2n) is 4.62. The predicted molar refractivity (Wildman–Crippen MR) is 89.3 cm³/mol. The highest BCUT2D eigenvalue weighted by Gasteiger charge is 2.14. The Hall–Kier alpha value is -0.620. The van der Waals surface area contributed by atoms with E-state index < -0.39 is 0 Å². The van der Waals surface area contributed by atoms with Gasteiger partial charge in [-0.15, -0.1) is 0 Å². The van der Waals surface area contributed by atoms with Crippen LogP contribution in [0, 0.1) is 17.4 Å². The highest BCUT2D eigenvalue weighted by Crippen LogP contribution is 2.27. The first-order chi connectivity index (χ1) is 9.02. The fraction of sp³-hybridized carbons (Fsp3) is 0.200. The van der Waals surface area contributed by atoms with Gasteiger partial charge in [0.05, 0.1) is 11.1 Å². The van der Waals surface area contributed by atoms with E-state index in [4.69, 9.17) is 17.4 Å². The van der Waals surface area contributed by atoms with Gasteiger partial charge in [-0.05, 0) is 70.8 Å². The van der Waals surface area contributed by atoms with E-state index in [1.807, 2.05) is 18.2 Å². The molecule has 3 N–H and O–H groups in total. The fourth-order valence-corrected chi connectivity index (χ4v) is 2.55. The van der Waals surface area contributed by atoms with Gasteiger partial charge in [-0.3, -0.25) is 5.84 Å². The number of hydrogen-bond donors (Lipinski definition) is 2. The minimum absolute atomic E-state index is 0.0474. The number of nitrogens with two attached hydrogens (primary N) is 1. The molecule has 0 aliphatic heterocycles. The minimum Gasteiger partial charge on any atom is -0.271 e. The van der Waals surface area contributed by atoms with Crippen molar-refractivity contribution in [1.29, 1.82) is 0 Å². The van der Waals surface area contributed by atoms with Crippen molar-refractivity contribution in [2.45, 2.75) is 19.9 Å². The first-order valence-electron chi connectivity index (χ1n) is 6.01. The summed E-state index contributed by atoms with van der Waals surface area (Å²) in [4.78, 5) is 0. The Morgan fingerprint density at radius 3 is 2.26 bits per heavy atom. The summed E-state index contributed by atoms with van der Waals surface area (Å²) in [5.74, 6) is 5.72. The van der Waals surface area contributed by atoms with E-state index in [-0.39, 0.29) is 6.04 Å². The fourth-order valence-electron chi connectivity index (χ4n) is 2.02. The third-order valence-electron chi connectivity index (χ3n) is 3.31. The summed E-state index contributed by atoms with van der Waals surface area (Å²) in [5.41, 5.74) is 7.61. The molecule has 0 amide bonds. The summed E-state index contributed by atoms with van der Waals surface area (Å²) in [6.07, 6.45) is 0. The van der Waals surface area contributed by atoms with Gasteiger partial charge >= 0.3 is 0 Å². The summed E-state index contributed by atoms with van der Waals surface area (Å²) in [5, 5.41) is 0.752. The number of hydrogen-bond acceptors (Lipinski definition) is 2. The molecule has 2 nitrogen and oxygen atoms in total. The molecular formula is C15H16ClIN2. The van der Waals surface area contributed by atoms with Crippen LogP contribution >= 0.6 is 34.2 Å². The van der Waals surface area contributed by atoms with Crippen LogP contribution in [0.5, 0.6) is 0 Å². The maximum atomic E-state index is 6.18. The van der Waals surface area contributed by atoms with Gasteiger partial charge in [0.1, 0.15) is 0 Å². The van der Waals surface area contributed by atoms with Crippen LogP contribution in [0.15, 0.2) is 36.4 Å². The van der Waals surface area contributed by atoms with Crippen LogP contribution in [-0.4, -0.2) is 0 Å². The minimum atomic E-state index is -0.0474. The Morgan fingerprint density at radius 2 is 1.68 bits per heavy atom. The zero-order chi connectivity index (χ0) is 14.0. The average molecular weight is 387 g/mol. The number of aryl methyl sites for hydroxylation is 2. The van der Waals surface area contributed by atoms with Crippen molar-refractivity contribution in [3.63, 3.8) is 0 Å². The lowest BCUT2D eigenvalue weighted by Crippen LogP contribution is -2.29. The molecule has 0 aliphatic rings. The smallest absolute Gasteiger partial charge is 0.0710 e. The molecular weight excluding hydrogens is 371 g/mol. The Bertz CT molecular complexity index is 547. The van der Waals surface area contributed by atoms with E-state index in [9.17, 15) is 0 Å². The van der Waals surface area contributed by atoms with Gasteiger partial charge in [0, 0.05) is 3.57 Å². The number of benzene rings is 2. The molecule has 19 heavy (non-hydrogen) atoms. The molecule has 0 aliphatic carbocycles. The second-order valence-corrected chi connectivity index (χ2v) is 6.19. The molecule has 100 valence electrons. The lowest BCUT2D eigenvalue weighted by Gasteiger charge is -2.18. The average Bonchev–Trinajstić information content (AvgIpc) is 2.39. The van der Waals surface area contributed by atoms with Crippen molar-refractivity contribution < 1.29 is 0 Å². The van der Waals surface area contributed by atoms with Crippen LogP contribution in [0.2, 0.25) is 5.02 Å². The number of hydrazine groups is 1. The van der Waals surface area contributed by atoms with Crippen molar-refractivity contribution in [2.24, 2.45) is 5.84 Å². The van der Waals surface area contributed by atoms with Crippen LogP contribution in [0.3, 0.4) is 0 Å². The first-order valence-corrected chi connectivity index (χ1v) is 7.47. The van der Waals surface area contributed by atoms with Crippen molar-refractivity contribution in [3.8, 4) is 0 Å². The Labute approximate surface area is 132 Å². The van der Waals surface area contributed by atoms with Crippen LogP contribution < -0.4 is 11.3 Å². The molecule has 1 atom stereocenters. The predicted octanol–water partition coefficient (Wildman–Crippen LogP) is 4.11. The van der Waals surface area contributed by atoms with Crippen molar-refractivity contribution >= 4 is 34.2 Å². The van der Waals surface area contributed by atoms with Crippen molar-refractivity contribution in [1.82, 2.24) is 5.43 Å². The zero-order valence-corrected chi connectivity index (χ0v) is 13.8. The second kappa shape index (κ2) is 6.22. The molecule has 2 aromatic rings. The van der Waals surface area contributed by atoms with E-state index >= 15 is 0 Å². The largest absolute Gasteiger partial charge is 0.271 e. The lowest BCUT2D eigenvalue weighted by molar-refractivity contribution is 0.636. The maximum Gasteiger partial charge on any atom is 0.0710 e. The third kappa shape index (κ3) is 3.28. The molecule has 0 saturated heterocycles. The molecule has 0 bridgehead atoms. The molecule has 2 aromatic carbocycles. The van der Waals surface area contributed by atoms with E-state index in [1.165, 1.54) is 11.1 Å². The summed E-state index contributed by atoms with van der Waals surface area (Å²) in [7, 11) is 0. The quantitative estimate of drug-likeness (QED) is 0.473. The van der Waals surface area contributed by atoms with Crippen molar-refractivity contribution in [3.05, 3.63) is 67.2 Å². The van der Waals surface area contributed by atoms with Gasteiger partial charge < -0.3 is 0 Å². The molecule has 4 heteroatoms. The summed E-state index contributed by atoms with van der Waals surface area (Å²) in [6, 6.07) is 12.3. The highest BCUT2D eigenvalue weighted by atomic mass is 127. The van der Waals surface area contributed by atoms with Gasteiger partial charge in [0.15, 0.2) is 0 Å². The summed E-state index contributed by atoms with van der Waals surface area (Å²) >= 11 is 8.40. The van der Waals surface area contributed by atoms with Gasteiger partial charge in [-0.1, -0.05) is 35.9 Å². The molecule has 1 unspecified atom stereocenters. The van der Waals surface area contributed by atoms with E-state index in [2.05, 4.69) is 60.1 Å². The van der Waals surface area contributed by atoms with E-state index in [0.717, 1.165) is 19.7 Å². The van der Waals surface area contributed by atoms with Gasteiger partial charge in [0.2, 0.25) is 0 Å². The summed E-state index contributed by atoms with van der Waals surface area (Å²) in [6.45, 7) is 4.21. The van der Waals surface area contributed by atoms with Crippen LogP contribution in [0.4, 0.5) is 0 Å². The number of rotatable bonds is 3. The Kier molecular flexibility index (Phi) is 4.84. The molecule has 0 saturated carbocycles. The molecule has 0 fully saturated rings. The molecule has 0 heterocycles. The SMILES string of the molecule is Cc1ccc(C(NN)c2ccc(I)c(Cl)c2)cc1C. The third-order valence-corrected chi connectivity index (χ3v) is 4.88. The van der Waals surface area contributed by atoms with E-state index in [1.54, 1.807) is 0 Å². The van der Waals surface area contributed by atoms with Gasteiger partial charge in [-0.25, -0.2) is 5.43 Å². The lowest BCUT2D eigenvalue weighted by atomic mass is 9.96. The normalized spacial score (nSPS) is 12.5. The monoisotopic (exact) mass is 386 g/mol. The number of halogens is 2. The standard InChI is InChI=1S/C15H16ClIN2/c1-9-3-4-11(7-10(9)2)15(19-18)12-5-6-14(17)13(16)8-12/h3-8,15,19H,18H2,1-2H3. The van der Waals surface area contributed by atoms with Crippen LogP contribution in [0.25, 0.3) is 0 Å². The maximum absolute atomic E-state index is 6.18. The van der Waals surface area contributed by atoms with Crippen LogP contribution in [-0.2, 0) is 0 Å². The van der Waals surface area contributed by atoms with Crippen molar-refractivity contribution in [2.75, 3.05) is 0 Å². The Morgan fingerprint density at radius 1 is 1.05 bits per heavy atom. The number of nitrogens with one attached hydrogen (secondary N) is 1. The first kappa shape index (κ1) is 14.8. The molecule has 2 rings (SSSR count). The van der Waals surface area contributed by atoms with Gasteiger partial charge in [-0.2, -0.15) is 0 Å². The van der Waals surface area contributed by atoms with Crippen LogP contribution in [0.1, 0.15) is 28.3 Å². The van der Waals surface area contributed by atoms with Gasteiger partial charge in [0.25, 0.3) is 0 Å².